The van der Waals surface area contributed by atoms with E-state index in [1.165, 1.54) is 6.92 Å². The Kier molecular flexibility index (Phi) is 4.30. The predicted molar refractivity (Wildman–Crippen MR) is 89.8 cm³/mol. The molecule has 0 spiro atoms. The van der Waals surface area contributed by atoms with E-state index in [9.17, 15) is 9.59 Å². The number of aromatic nitrogens is 1. The van der Waals surface area contributed by atoms with Gasteiger partial charge in [0.1, 0.15) is 11.9 Å². The molecule has 0 aliphatic carbocycles. The van der Waals surface area contributed by atoms with Gasteiger partial charge in [0.15, 0.2) is 0 Å². The van der Waals surface area contributed by atoms with Crippen LogP contribution < -0.4 is 15.7 Å². The highest BCUT2D eigenvalue weighted by Gasteiger charge is 2.32. The highest BCUT2D eigenvalue weighted by Crippen LogP contribution is 2.29. The number of cyclic esters (lactones) is 1. The second kappa shape index (κ2) is 6.40. The Labute approximate surface area is 139 Å². The third kappa shape index (κ3) is 3.00. The number of aryl methyl sites for hydroxylation is 1. The molecule has 1 aliphatic rings. The number of ether oxygens (including phenoxy) is 1. The molecule has 2 aromatic rings. The van der Waals surface area contributed by atoms with Crippen LogP contribution in [-0.4, -0.2) is 42.9 Å². The van der Waals surface area contributed by atoms with E-state index in [1.54, 1.807) is 12.0 Å². The summed E-state index contributed by atoms with van der Waals surface area (Å²) in [6, 6.07) is 7.69. The van der Waals surface area contributed by atoms with E-state index in [2.05, 4.69) is 10.8 Å². The Morgan fingerprint density at radius 3 is 2.92 bits per heavy atom. The fraction of sp³-hybridized carbons (Fsp3) is 0.375. The van der Waals surface area contributed by atoms with Gasteiger partial charge in [-0.15, -0.1) is 0 Å². The van der Waals surface area contributed by atoms with Crippen molar-refractivity contribution in [2.75, 3.05) is 30.6 Å². The van der Waals surface area contributed by atoms with Crippen molar-refractivity contribution in [3.63, 3.8) is 0 Å². The number of rotatable bonds is 5. The predicted octanol–water partition coefficient (Wildman–Crippen LogP) is 1.61. The largest absolute Gasteiger partial charge is 0.442 e. The number of nitrogens with zero attached hydrogens (tertiary/aromatic N) is 2. The first kappa shape index (κ1) is 16.1. The molecular weight excluding hydrogens is 312 g/mol. The van der Waals surface area contributed by atoms with Gasteiger partial charge in [-0.1, -0.05) is 0 Å². The Bertz CT molecular complexity index is 786. The molecule has 0 saturated carbocycles. The molecule has 1 aliphatic heterocycles. The van der Waals surface area contributed by atoms with Gasteiger partial charge in [-0.2, -0.15) is 0 Å². The number of nitrogens with one attached hydrogen (secondary N) is 2. The van der Waals surface area contributed by atoms with Gasteiger partial charge in [0.2, 0.25) is 5.91 Å². The van der Waals surface area contributed by atoms with Crippen molar-refractivity contribution in [2.45, 2.75) is 13.0 Å². The number of hydrogen-bond acceptors (Lipinski definition) is 5. The van der Waals surface area contributed by atoms with E-state index in [0.717, 1.165) is 22.4 Å². The molecular formula is C16H20N4O4. The van der Waals surface area contributed by atoms with Crippen molar-refractivity contribution in [1.82, 2.24) is 9.88 Å². The highest BCUT2D eigenvalue weighted by atomic mass is 16.6. The summed E-state index contributed by atoms with van der Waals surface area (Å²) in [5.74, 6) is 0.672. The summed E-state index contributed by atoms with van der Waals surface area (Å²) in [7, 11) is 3.48. The molecule has 2 heterocycles. The Morgan fingerprint density at radius 2 is 2.21 bits per heavy atom. The standard InChI is InChI=1S/C16H20N4O4/c1-10(21)17-8-13-9-20(16(22)24-13)12-4-5-14-11(6-12)7-15(18-23-3)19(14)2/h4-7,13,18H,8-9H2,1-3H3,(H,17,21)/t13-/m0/s1. The van der Waals surface area contributed by atoms with Crippen LogP contribution in [0.4, 0.5) is 16.3 Å². The third-order valence-electron chi connectivity index (χ3n) is 4.00. The molecule has 0 unspecified atom stereocenters. The highest BCUT2D eigenvalue weighted by molar-refractivity contribution is 5.94. The molecule has 2 amide bonds. The molecule has 1 fully saturated rings. The molecule has 1 aromatic heterocycles. The van der Waals surface area contributed by atoms with E-state index < -0.39 is 6.09 Å². The van der Waals surface area contributed by atoms with E-state index in [-0.39, 0.29) is 12.0 Å². The van der Waals surface area contributed by atoms with Crippen LogP contribution in [0.1, 0.15) is 6.92 Å². The van der Waals surface area contributed by atoms with E-state index in [4.69, 9.17) is 9.57 Å². The molecule has 1 saturated heterocycles. The molecule has 2 N–H and O–H groups in total. The number of fused-ring (bicyclic) bond motifs is 1. The average molecular weight is 332 g/mol. The maximum Gasteiger partial charge on any atom is 0.414 e. The van der Waals surface area contributed by atoms with Crippen molar-refractivity contribution in [3.8, 4) is 0 Å². The molecule has 0 bridgehead atoms. The zero-order valence-electron chi connectivity index (χ0n) is 13.8. The van der Waals surface area contributed by atoms with E-state index in [1.807, 2.05) is 35.9 Å². The molecule has 1 atom stereocenters. The molecule has 8 heteroatoms. The zero-order chi connectivity index (χ0) is 17.3. The van der Waals surface area contributed by atoms with Gasteiger partial charge in [0.25, 0.3) is 0 Å². The summed E-state index contributed by atoms with van der Waals surface area (Å²) >= 11 is 0. The number of anilines is 2. The second-order valence-corrected chi connectivity index (χ2v) is 5.69. The SMILES string of the molecule is CONc1cc2cc(N3C[C@H](CNC(C)=O)OC3=O)ccc2n1C. The summed E-state index contributed by atoms with van der Waals surface area (Å²) in [4.78, 5) is 29.6. The monoisotopic (exact) mass is 332 g/mol. The fourth-order valence-electron chi connectivity index (χ4n) is 2.80. The van der Waals surface area contributed by atoms with Crippen LogP contribution in [0.2, 0.25) is 0 Å². The van der Waals surface area contributed by atoms with Gasteiger partial charge < -0.3 is 14.6 Å². The Hall–Kier alpha value is -2.74. The van der Waals surface area contributed by atoms with Crippen molar-refractivity contribution in [2.24, 2.45) is 7.05 Å². The van der Waals surface area contributed by atoms with Crippen LogP contribution in [0.25, 0.3) is 10.9 Å². The molecule has 24 heavy (non-hydrogen) atoms. The number of hydrogen-bond donors (Lipinski definition) is 2. The smallest absolute Gasteiger partial charge is 0.414 e. The van der Waals surface area contributed by atoms with Crippen molar-refractivity contribution >= 4 is 34.4 Å². The maximum absolute atomic E-state index is 12.1. The normalized spacial score (nSPS) is 17.2. The molecule has 128 valence electrons. The van der Waals surface area contributed by atoms with Gasteiger partial charge >= 0.3 is 6.09 Å². The minimum atomic E-state index is -0.407. The van der Waals surface area contributed by atoms with Gasteiger partial charge in [-0.25, -0.2) is 4.79 Å². The topological polar surface area (TPSA) is 84.8 Å². The Morgan fingerprint density at radius 1 is 1.42 bits per heavy atom. The van der Waals surface area contributed by atoms with Gasteiger partial charge in [-0.3, -0.25) is 20.0 Å². The van der Waals surface area contributed by atoms with Crippen molar-refractivity contribution in [3.05, 3.63) is 24.3 Å². The second-order valence-electron chi connectivity index (χ2n) is 5.69. The van der Waals surface area contributed by atoms with Gasteiger partial charge in [-0.05, 0) is 24.3 Å². The molecule has 1 aromatic carbocycles. The first-order valence-electron chi connectivity index (χ1n) is 7.60. The summed E-state index contributed by atoms with van der Waals surface area (Å²) in [5.41, 5.74) is 4.59. The number of amides is 2. The lowest BCUT2D eigenvalue weighted by molar-refractivity contribution is -0.119. The molecule has 8 nitrogen and oxygen atoms in total. The van der Waals surface area contributed by atoms with E-state index in [0.29, 0.717) is 13.1 Å². The number of carbonyl (C=O) groups is 2. The summed E-state index contributed by atoms with van der Waals surface area (Å²) in [6.07, 6.45) is -0.755. The quantitative estimate of drug-likeness (QED) is 0.813. The lowest BCUT2D eigenvalue weighted by Gasteiger charge is -2.13. The molecule has 3 rings (SSSR count). The van der Waals surface area contributed by atoms with Crippen LogP contribution in [0.3, 0.4) is 0 Å². The van der Waals surface area contributed by atoms with Gasteiger partial charge in [0.05, 0.1) is 20.2 Å². The zero-order valence-corrected chi connectivity index (χ0v) is 13.8. The summed E-state index contributed by atoms with van der Waals surface area (Å²) < 4.78 is 7.26. The number of benzene rings is 1. The van der Waals surface area contributed by atoms with Gasteiger partial charge in [0, 0.05) is 30.6 Å². The van der Waals surface area contributed by atoms with Crippen LogP contribution in [0, 0.1) is 0 Å². The lowest BCUT2D eigenvalue weighted by atomic mass is 10.2. The third-order valence-corrected chi connectivity index (χ3v) is 4.00. The van der Waals surface area contributed by atoms with Crippen LogP contribution >= 0.6 is 0 Å². The van der Waals surface area contributed by atoms with Crippen LogP contribution in [0.15, 0.2) is 24.3 Å². The summed E-state index contributed by atoms with van der Waals surface area (Å²) in [6.45, 7) is 2.15. The lowest BCUT2D eigenvalue weighted by Crippen LogP contribution is -2.33. The van der Waals surface area contributed by atoms with Crippen molar-refractivity contribution < 1.29 is 19.2 Å². The number of carbonyl (C=O) groups excluding carboxylic acids is 2. The summed E-state index contributed by atoms with van der Waals surface area (Å²) in [5, 5.41) is 3.65. The Balaban J connectivity index is 1.81. The minimum absolute atomic E-state index is 0.145. The van der Waals surface area contributed by atoms with Crippen molar-refractivity contribution in [1.29, 1.82) is 0 Å². The first-order chi connectivity index (χ1) is 11.5. The van der Waals surface area contributed by atoms with Crippen LogP contribution in [-0.2, 0) is 21.4 Å². The fourth-order valence-corrected chi connectivity index (χ4v) is 2.80. The molecule has 0 radical (unpaired) electrons. The first-order valence-corrected chi connectivity index (χ1v) is 7.60. The van der Waals surface area contributed by atoms with Crippen LogP contribution in [0.5, 0.6) is 0 Å². The maximum atomic E-state index is 12.1. The van der Waals surface area contributed by atoms with E-state index >= 15 is 0 Å². The average Bonchev–Trinajstić information content (AvgIpc) is 3.06. The minimum Gasteiger partial charge on any atom is -0.442 e.